The molecule has 0 aliphatic carbocycles. The third-order valence-corrected chi connectivity index (χ3v) is 9.01. The Kier molecular flexibility index (Phi) is 10.8. The number of sulfonamides is 1. The fourth-order valence-electron chi connectivity index (χ4n) is 3.92. The maximum atomic E-state index is 14.0. The Labute approximate surface area is 245 Å². The number of amides is 2. The first-order valence-corrected chi connectivity index (χ1v) is 14.9. The Hall–Kier alpha value is -3.27. The summed E-state index contributed by atoms with van der Waals surface area (Å²) >= 11 is 12.8. The first-order chi connectivity index (χ1) is 19.0. The summed E-state index contributed by atoms with van der Waals surface area (Å²) in [6, 6.07) is 18.1. The van der Waals surface area contributed by atoms with Crippen LogP contribution in [0.2, 0.25) is 10.0 Å². The summed E-state index contributed by atoms with van der Waals surface area (Å²) in [6.45, 7) is 4.68. The quantitative estimate of drug-likeness (QED) is 0.293. The standard InChI is InChI=1S/C29H33Cl2N3O5S/c1-5-20(2)32-29(36)21(3)33(18-25-26(30)15-10-16-27(25)31)28(35)19-34(22-11-9-12-23(17-22)39-4)40(37,38)24-13-7-6-8-14-24/h6-17,20-21H,5,18-19H2,1-4H3,(H,32,36)/t20-,21+/m0/s1. The second kappa shape index (κ2) is 13.9. The first-order valence-electron chi connectivity index (χ1n) is 12.7. The van der Waals surface area contributed by atoms with Crippen molar-refractivity contribution in [1.29, 1.82) is 0 Å². The minimum atomic E-state index is -4.19. The Bertz CT molecular complexity index is 1420. The van der Waals surface area contributed by atoms with Crippen LogP contribution in [0.5, 0.6) is 5.75 Å². The van der Waals surface area contributed by atoms with E-state index in [1.807, 2.05) is 13.8 Å². The molecule has 0 heterocycles. The van der Waals surface area contributed by atoms with Crippen molar-refractivity contribution in [3.63, 3.8) is 0 Å². The lowest BCUT2D eigenvalue weighted by Crippen LogP contribution is -2.52. The number of hydrogen-bond donors (Lipinski definition) is 1. The molecular formula is C29H33Cl2N3O5S. The normalized spacial score (nSPS) is 12.8. The number of hydrogen-bond acceptors (Lipinski definition) is 5. The van der Waals surface area contributed by atoms with Crippen molar-refractivity contribution >= 4 is 50.7 Å². The molecule has 2 amide bonds. The van der Waals surface area contributed by atoms with Crippen LogP contribution in [0.1, 0.15) is 32.8 Å². The van der Waals surface area contributed by atoms with Crippen LogP contribution < -0.4 is 14.4 Å². The molecule has 0 aliphatic rings. The highest BCUT2D eigenvalue weighted by Gasteiger charge is 2.33. The number of methoxy groups -OCH3 is 1. The number of anilines is 1. The second-order valence-electron chi connectivity index (χ2n) is 9.24. The highest BCUT2D eigenvalue weighted by molar-refractivity contribution is 7.92. The number of carbonyl (C=O) groups is 2. The average Bonchev–Trinajstić information content (AvgIpc) is 2.95. The molecule has 0 aliphatic heterocycles. The van der Waals surface area contributed by atoms with Crippen LogP contribution in [0.3, 0.4) is 0 Å². The van der Waals surface area contributed by atoms with E-state index in [4.69, 9.17) is 27.9 Å². The number of rotatable bonds is 12. The van der Waals surface area contributed by atoms with E-state index < -0.39 is 28.5 Å². The van der Waals surface area contributed by atoms with E-state index in [1.165, 1.54) is 30.2 Å². The molecule has 0 unspecified atom stereocenters. The molecule has 3 aromatic carbocycles. The van der Waals surface area contributed by atoms with Crippen LogP contribution >= 0.6 is 23.2 Å². The van der Waals surface area contributed by atoms with Gasteiger partial charge in [-0.2, -0.15) is 0 Å². The van der Waals surface area contributed by atoms with Crippen LogP contribution in [-0.4, -0.2) is 50.9 Å². The summed E-state index contributed by atoms with van der Waals surface area (Å²) in [6.07, 6.45) is 0.696. The lowest BCUT2D eigenvalue weighted by Gasteiger charge is -2.33. The van der Waals surface area contributed by atoms with E-state index in [2.05, 4.69) is 5.32 Å². The molecule has 3 rings (SSSR count). The van der Waals surface area contributed by atoms with Crippen molar-refractivity contribution in [2.75, 3.05) is 18.0 Å². The van der Waals surface area contributed by atoms with Gasteiger partial charge in [0.25, 0.3) is 10.0 Å². The van der Waals surface area contributed by atoms with Gasteiger partial charge in [0.05, 0.1) is 17.7 Å². The molecule has 11 heteroatoms. The molecule has 0 saturated carbocycles. The molecule has 3 aromatic rings. The summed E-state index contributed by atoms with van der Waals surface area (Å²) in [5.74, 6) is -0.589. The molecule has 8 nitrogen and oxygen atoms in total. The third-order valence-electron chi connectivity index (χ3n) is 6.51. The van der Waals surface area contributed by atoms with E-state index in [0.717, 1.165) is 4.31 Å². The maximum absolute atomic E-state index is 14.0. The largest absolute Gasteiger partial charge is 0.497 e. The van der Waals surface area contributed by atoms with E-state index in [1.54, 1.807) is 61.5 Å². The van der Waals surface area contributed by atoms with Gasteiger partial charge in [-0.3, -0.25) is 13.9 Å². The fourth-order valence-corrected chi connectivity index (χ4v) is 5.86. The van der Waals surface area contributed by atoms with Gasteiger partial charge in [0.1, 0.15) is 18.3 Å². The van der Waals surface area contributed by atoms with Crippen molar-refractivity contribution in [1.82, 2.24) is 10.2 Å². The molecule has 2 atom stereocenters. The Morgan fingerprint density at radius 1 is 0.950 bits per heavy atom. The molecule has 1 N–H and O–H groups in total. The number of nitrogens with one attached hydrogen (secondary N) is 1. The summed E-state index contributed by atoms with van der Waals surface area (Å²) in [4.78, 5) is 28.5. The Morgan fingerprint density at radius 2 is 1.57 bits per heavy atom. The predicted molar refractivity (Wildman–Crippen MR) is 158 cm³/mol. The van der Waals surface area contributed by atoms with E-state index in [0.29, 0.717) is 27.8 Å². The van der Waals surface area contributed by atoms with Gasteiger partial charge in [-0.05, 0) is 56.7 Å². The molecule has 0 aromatic heterocycles. The van der Waals surface area contributed by atoms with Crippen molar-refractivity contribution < 1.29 is 22.7 Å². The molecule has 0 saturated heterocycles. The van der Waals surface area contributed by atoms with Crippen molar-refractivity contribution in [2.24, 2.45) is 0 Å². The van der Waals surface area contributed by atoms with Crippen LogP contribution in [0.25, 0.3) is 0 Å². The molecule has 0 fully saturated rings. The topological polar surface area (TPSA) is 96.0 Å². The van der Waals surface area contributed by atoms with Crippen molar-refractivity contribution in [3.05, 3.63) is 88.4 Å². The van der Waals surface area contributed by atoms with Crippen LogP contribution in [-0.2, 0) is 26.2 Å². The molecule has 40 heavy (non-hydrogen) atoms. The highest BCUT2D eigenvalue weighted by Crippen LogP contribution is 2.29. The lowest BCUT2D eigenvalue weighted by molar-refractivity contribution is -0.139. The second-order valence-corrected chi connectivity index (χ2v) is 11.9. The number of carbonyl (C=O) groups excluding carboxylic acids is 2. The van der Waals surface area contributed by atoms with Crippen LogP contribution in [0.15, 0.2) is 77.7 Å². The van der Waals surface area contributed by atoms with Crippen LogP contribution in [0, 0.1) is 0 Å². The Balaban J connectivity index is 2.07. The average molecular weight is 607 g/mol. The van der Waals surface area contributed by atoms with Crippen LogP contribution in [0.4, 0.5) is 5.69 Å². The van der Waals surface area contributed by atoms with E-state index in [9.17, 15) is 18.0 Å². The minimum absolute atomic E-state index is 0.00822. The maximum Gasteiger partial charge on any atom is 0.264 e. The van der Waals surface area contributed by atoms with Crippen molar-refractivity contribution in [2.45, 2.75) is 50.7 Å². The number of halogens is 2. The van der Waals surface area contributed by atoms with Gasteiger partial charge in [0.2, 0.25) is 11.8 Å². The molecule has 0 radical (unpaired) electrons. The highest BCUT2D eigenvalue weighted by atomic mass is 35.5. The SMILES string of the molecule is CC[C@H](C)NC(=O)[C@@H](C)N(Cc1c(Cl)cccc1Cl)C(=O)CN(c1cccc(OC)c1)S(=O)(=O)c1ccccc1. The zero-order valence-electron chi connectivity index (χ0n) is 22.8. The fraction of sp³-hybridized carbons (Fsp3) is 0.310. The number of benzene rings is 3. The van der Waals surface area contributed by atoms with E-state index in [-0.39, 0.29) is 29.1 Å². The van der Waals surface area contributed by atoms with Gasteiger partial charge >= 0.3 is 0 Å². The zero-order valence-corrected chi connectivity index (χ0v) is 25.1. The van der Waals surface area contributed by atoms with Gasteiger partial charge in [-0.1, -0.05) is 60.5 Å². The minimum Gasteiger partial charge on any atom is -0.497 e. The van der Waals surface area contributed by atoms with Gasteiger partial charge in [-0.15, -0.1) is 0 Å². The smallest absolute Gasteiger partial charge is 0.264 e. The monoisotopic (exact) mass is 605 g/mol. The number of ether oxygens (including phenoxy) is 1. The first kappa shape index (κ1) is 31.3. The van der Waals surface area contributed by atoms with E-state index >= 15 is 0 Å². The zero-order chi connectivity index (χ0) is 29.4. The summed E-state index contributed by atoms with van der Waals surface area (Å²) in [7, 11) is -2.72. The third kappa shape index (κ3) is 7.47. The predicted octanol–water partition coefficient (Wildman–Crippen LogP) is 5.53. The Morgan fingerprint density at radius 3 is 2.17 bits per heavy atom. The lowest BCUT2D eigenvalue weighted by atomic mass is 10.1. The van der Waals surface area contributed by atoms with Gasteiger partial charge in [0.15, 0.2) is 0 Å². The van der Waals surface area contributed by atoms with Crippen molar-refractivity contribution in [3.8, 4) is 5.75 Å². The summed E-state index contributed by atoms with van der Waals surface area (Å²) in [5.41, 5.74) is 0.671. The molecular weight excluding hydrogens is 573 g/mol. The molecule has 0 bridgehead atoms. The molecule has 0 spiro atoms. The van der Waals surface area contributed by atoms with Gasteiger partial charge < -0.3 is 15.0 Å². The summed E-state index contributed by atoms with van der Waals surface area (Å²) in [5, 5.41) is 3.53. The van der Waals surface area contributed by atoms with Gasteiger partial charge in [-0.25, -0.2) is 8.42 Å². The van der Waals surface area contributed by atoms with Gasteiger partial charge in [0, 0.05) is 34.3 Å². The number of nitrogens with zero attached hydrogens (tertiary/aromatic N) is 2. The molecule has 214 valence electrons. The summed E-state index contributed by atoms with van der Waals surface area (Å²) < 4.78 is 34.0.